The minimum absolute atomic E-state index is 0.0238. The van der Waals surface area contributed by atoms with Crippen LogP contribution < -0.4 is 4.90 Å². The quantitative estimate of drug-likeness (QED) is 0.748. The molecule has 2 atom stereocenters. The van der Waals surface area contributed by atoms with Crippen molar-refractivity contribution in [3.8, 4) is 6.07 Å². The van der Waals surface area contributed by atoms with E-state index in [0.717, 1.165) is 18.7 Å². The van der Waals surface area contributed by atoms with Gasteiger partial charge in [-0.1, -0.05) is 12.1 Å². The summed E-state index contributed by atoms with van der Waals surface area (Å²) >= 11 is 0. The number of hydrogen-bond donors (Lipinski definition) is 0. The van der Waals surface area contributed by atoms with Crippen molar-refractivity contribution in [2.45, 2.75) is 19.4 Å². The van der Waals surface area contributed by atoms with Crippen molar-refractivity contribution in [3.63, 3.8) is 0 Å². The minimum atomic E-state index is -0.335. The molecule has 1 aliphatic rings. The first-order valence-electron chi connectivity index (χ1n) is 6.02. The van der Waals surface area contributed by atoms with Crippen LogP contribution in [-0.2, 0) is 4.74 Å². The van der Waals surface area contributed by atoms with Crippen LogP contribution >= 0.6 is 0 Å². The molecular formula is C14H16N2O2. The Labute approximate surface area is 107 Å². The third-order valence-electron chi connectivity index (χ3n) is 3.54. The molecule has 1 aliphatic heterocycles. The maximum atomic E-state index is 11.7. The predicted molar refractivity (Wildman–Crippen MR) is 68.3 cm³/mol. The van der Waals surface area contributed by atoms with Crippen LogP contribution in [0.5, 0.6) is 0 Å². The number of benzene rings is 1. The molecule has 0 N–H and O–H groups in total. The molecule has 94 valence electrons. The zero-order valence-corrected chi connectivity index (χ0v) is 10.6. The number of ether oxygens (including phenoxy) is 1. The Morgan fingerprint density at radius 3 is 2.83 bits per heavy atom. The van der Waals surface area contributed by atoms with Gasteiger partial charge in [-0.2, -0.15) is 5.26 Å². The summed E-state index contributed by atoms with van der Waals surface area (Å²) in [5.74, 6) is -0.311. The molecule has 0 bridgehead atoms. The Kier molecular flexibility index (Phi) is 3.52. The van der Waals surface area contributed by atoms with Gasteiger partial charge in [-0.15, -0.1) is 0 Å². The van der Waals surface area contributed by atoms with E-state index < -0.39 is 0 Å². The van der Waals surface area contributed by atoms with Crippen LogP contribution in [0.1, 0.15) is 23.7 Å². The molecule has 4 nitrogen and oxygen atoms in total. The molecule has 2 rings (SSSR count). The zero-order chi connectivity index (χ0) is 13.1. The first-order chi connectivity index (χ1) is 8.69. The Balaban J connectivity index is 2.35. The van der Waals surface area contributed by atoms with Crippen LogP contribution in [0.15, 0.2) is 24.3 Å². The number of carbonyl (C=O) groups excluding carboxylic acids is 1. The molecule has 0 amide bonds. The number of para-hydroxylation sites is 1. The fourth-order valence-corrected chi connectivity index (χ4v) is 2.46. The Bertz CT molecular complexity index is 493. The van der Waals surface area contributed by atoms with Gasteiger partial charge in [0.25, 0.3) is 0 Å². The van der Waals surface area contributed by atoms with Gasteiger partial charge in [0.05, 0.1) is 30.3 Å². The van der Waals surface area contributed by atoms with E-state index in [4.69, 9.17) is 10.00 Å². The van der Waals surface area contributed by atoms with E-state index in [1.165, 1.54) is 7.11 Å². The van der Waals surface area contributed by atoms with Gasteiger partial charge in [0.2, 0.25) is 0 Å². The maximum Gasteiger partial charge on any atom is 0.339 e. The molecule has 0 aromatic heterocycles. The third-order valence-corrected chi connectivity index (χ3v) is 3.54. The van der Waals surface area contributed by atoms with Gasteiger partial charge in [0.15, 0.2) is 0 Å². The standard InChI is InChI=1S/C14H16N2O2/c1-10-11(9-15)7-8-16(10)13-6-4-3-5-12(13)14(17)18-2/h3-6,10-11H,7-8H2,1-2H3. The van der Waals surface area contributed by atoms with Crippen LogP contribution in [0, 0.1) is 17.2 Å². The average Bonchev–Trinajstić information content (AvgIpc) is 2.78. The van der Waals surface area contributed by atoms with E-state index >= 15 is 0 Å². The molecule has 1 fully saturated rings. The molecule has 1 heterocycles. The van der Waals surface area contributed by atoms with Crippen molar-refractivity contribution in [2.75, 3.05) is 18.6 Å². The van der Waals surface area contributed by atoms with Crippen molar-refractivity contribution in [2.24, 2.45) is 5.92 Å². The second-order valence-corrected chi connectivity index (χ2v) is 4.47. The summed E-state index contributed by atoms with van der Waals surface area (Å²) in [6.07, 6.45) is 0.840. The number of carbonyl (C=O) groups is 1. The molecule has 1 aromatic rings. The highest BCUT2D eigenvalue weighted by Crippen LogP contribution is 2.31. The first kappa shape index (κ1) is 12.4. The van der Waals surface area contributed by atoms with Gasteiger partial charge in [-0.25, -0.2) is 4.79 Å². The second-order valence-electron chi connectivity index (χ2n) is 4.47. The Morgan fingerprint density at radius 1 is 1.50 bits per heavy atom. The lowest BCUT2D eigenvalue weighted by Gasteiger charge is -2.26. The summed E-state index contributed by atoms with van der Waals surface area (Å²) in [4.78, 5) is 13.8. The summed E-state index contributed by atoms with van der Waals surface area (Å²) < 4.78 is 4.79. The van der Waals surface area contributed by atoms with Gasteiger partial charge >= 0.3 is 5.97 Å². The predicted octanol–water partition coefficient (Wildman–Crippen LogP) is 2.21. The summed E-state index contributed by atoms with van der Waals surface area (Å²) in [7, 11) is 1.38. The van der Waals surface area contributed by atoms with E-state index in [2.05, 4.69) is 11.0 Å². The summed E-state index contributed by atoms with van der Waals surface area (Å²) in [6.45, 7) is 2.82. The van der Waals surface area contributed by atoms with Crippen molar-refractivity contribution in [3.05, 3.63) is 29.8 Å². The molecule has 0 saturated carbocycles. The monoisotopic (exact) mass is 244 g/mol. The normalized spacial score (nSPS) is 22.6. The number of anilines is 1. The van der Waals surface area contributed by atoms with Gasteiger partial charge in [0, 0.05) is 12.6 Å². The highest BCUT2D eigenvalue weighted by atomic mass is 16.5. The van der Waals surface area contributed by atoms with Crippen molar-refractivity contribution < 1.29 is 9.53 Å². The van der Waals surface area contributed by atoms with E-state index in [1.54, 1.807) is 6.07 Å². The fourth-order valence-electron chi connectivity index (χ4n) is 2.46. The second kappa shape index (κ2) is 5.09. The maximum absolute atomic E-state index is 11.7. The topological polar surface area (TPSA) is 53.3 Å². The number of hydrogen-bond acceptors (Lipinski definition) is 4. The summed E-state index contributed by atoms with van der Waals surface area (Å²) in [5.41, 5.74) is 1.42. The number of methoxy groups -OCH3 is 1. The molecule has 0 aliphatic carbocycles. The Morgan fingerprint density at radius 2 is 2.22 bits per heavy atom. The lowest BCUT2D eigenvalue weighted by molar-refractivity contribution is 0.0601. The van der Waals surface area contributed by atoms with E-state index in [1.807, 2.05) is 25.1 Å². The number of nitriles is 1. The highest BCUT2D eigenvalue weighted by molar-refractivity contribution is 5.95. The number of nitrogens with zero attached hydrogens (tertiary/aromatic N) is 2. The molecule has 4 heteroatoms. The van der Waals surface area contributed by atoms with Gasteiger partial charge in [-0.05, 0) is 25.5 Å². The van der Waals surface area contributed by atoms with Gasteiger partial charge < -0.3 is 9.64 Å². The summed E-state index contributed by atoms with van der Waals surface area (Å²) in [5, 5.41) is 9.06. The van der Waals surface area contributed by atoms with E-state index in [9.17, 15) is 4.79 Å². The smallest absolute Gasteiger partial charge is 0.339 e. The number of esters is 1. The number of rotatable bonds is 2. The largest absolute Gasteiger partial charge is 0.465 e. The zero-order valence-electron chi connectivity index (χ0n) is 10.6. The van der Waals surface area contributed by atoms with Crippen LogP contribution in [0.3, 0.4) is 0 Å². The minimum Gasteiger partial charge on any atom is -0.465 e. The van der Waals surface area contributed by atoms with E-state index in [-0.39, 0.29) is 17.9 Å². The van der Waals surface area contributed by atoms with Gasteiger partial charge in [0.1, 0.15) is 0 Å². The molecule has 1 saturated heterocycles. The molecular weight excluding hydrogens is 228 g/mol. The van der Waals surface area contributed by atoms with Crippen molar-refractivity contribution in [1.82, 2.24) is 0 Å². The lowest BCUT2D eigenvalue weighted by atomic mass is 10.0. The Hall–Kier alpha value is -2.02. The first-order valence-corrected chi connectivity index (χ1v) is 6.02. The molecule has 0 spiro atoms. The summed E-state index contributed by atoms with van der Waals surface area (Å²) in [6, 6.07) is 9.82. The SMILES string of the molecule is COC(=O)c1ccccc1N1CCC(C#N)C1C. The van der Waals surface area contributed by atoms with Gasteiger partial charge in [-0.3, -0.25) is 0 Å². The molecule has 0 radical (unpaired) electrons. The van der Waals surface area contributed by atoms with Crippen LogP contribution in [0.4, 0.5) is 5.69 Å². The third kappa shape index (κ3) is 2.04. The van der Waals surface area contributed by atoms with Crippen LogP contribution in [0.25, 0.3) is 0 Å². The van der Waals surface area contributed by atoms with Crippen molar-refractivity contribution >= 4 is 11.7 Å². The molecule has 2 unspecified atom stereocenters. The fraction of sp³-hybridized carbons (Fsp3) is 0.429. The van der Waals surface area contributed by atoms with E-state index in [0.29, 0.717) is 5.56 Å². The molecule has 18 heavy (non-hydrogen) atoms. The highest BCUT2D eigenvalue weighted by Gasteiger charge is 2.32. The van der Waals surface area contributed by atoms with Crippen LogP contribution in [-0.4, -0.2) is 25.7 Å². The average molecular weight is 244 g/mol. The lowest BCUT2D eigenvalue weighted by Crippen LogP contribution is -2.30. The van der Waals surface area contributed by atoms with Crippen molar-refractivity contribution in [1.29, 1.82) is 5.26 Å². The molecule has 1 aromatic carbocycles. The van der Waals surface area contributed by atoms with Crippen LogP contribution in [0.2, 0.25) is 0 Å².